The second-order valence-electron chi connectivity index (χ2n) is 4.31. The number of nitrogens with one attached hydrogen (secondary N) is 1. The largest absolute Gasteiger partial charge is 0.399 e. The summed E-state index contributed by atoms with van der Waals surface area (Å²) in [7, 11) is 0. The fourth-order valence-corrected chi connectivity index (χ4v) is 1.71. The first-order valence-electron chi connectivity index (χ1n) is 5.92. The molecule has 0 unspecified atom stereocenters. The molecule has 1 amide bonds. The standard InChI is InChI=1S/C14H16N4O/c1-9-2-7-12(13(16)19)14(18-9)17-8-10-3-5-11(15)6-4-10/h2-7H,8,15H2,1H3,(H2,16,19)(H,17,18). The molecule has 0 radical (unpaired) electrons. The smallest absolute Gasteiger partial charge is 0.252 e. The lowest BCUT2D eigenvalue weighted by Gasteiger charge is -2.10. The normalized spacial score (nSPS) is 10.2. The predicted octanol–water partition coefficient (Wildman–Crippen LogP) is 1.68. The SMILES string of the molecule is Cc1ccc(C(N)=O)c(NCc2ccc(N)cc2)n1. The van der Waals surface area contributed by atoms with Gasteiger partial charge >= 0.3 is 0 Å². The molecule has 1 aromatic heterocycles. The van der Waals surface area contributed by atoms with Crippen LogP contribution in [0.3, 0.4) is 0 Å². The van der Waals surface area contributed by atoms with Crippen molar-refractivity contribution in [3.05, 3.63) is 53.2 Å². The Labute approximate surface area is 111 Å². The van der Waals surface area contributed by atoms with Crippen LogP contribution in [0.5, 0.6) is 0 Å². The minimum absolute atomic E-state index is 0.390. The van der Waals surface area contributed by atoms with Gasteiger partial charge in [0.25, 0.3) is 5.91 Å². The number of carbonyl (C=O) groups is 1. The first-order chi connectivity index (χ1) is 9.06. The molecule has 0 saturated carbocycles. The van der Waals surface area contributed by atoms with Crippen LogP contribution in [0.25, 0.3) is 0 Å². The van der Waals surface area contributed by atoms with E-state index in [4.69, 9.17) is 11.5 Å². The van der Waals surface area contributed by atoms with Crippen molar-refractivity contribution in [2.75, 3.05) is 11.1 Å². The molecule has 0 atom stereocenters. The zero-order valence-corrected chi connectivity index (χ0v) is 10.7. The van der Waals surface area contributed by atoms with Crippen LogP contribution >= 0.6 is 0 Å². The minimum atomic E-state index is -0.493. The van der Waals surface area contributed by atoms with E-state index in [0.29, 0.717) is 17.9 Å². The molecule has 2 rings (SSSR count). The van der Waals surface area contributed by atoms with Gasteiger partial charge in [0.1, 0.15) is 5.82 Å². The molecule has 0 fully saturated rings. The number of pyridine rings is 1. The van der Waals surface area contributed by atoms with Gasteiger partial charge in [-0.25, -0.2) is 4.98 Å². The number of nitrogens with zero attached hydrogens (tertiary/aromatic N) is 1. The molecule has 1 heterocycles. The van der Waals surface area contributed by atoms with Gasteiger partial charge in [-0.3, -0.25) is 4.79 Å². The maximum Gasteiger partial charge on any atom is 0.252 e. The first-order valence-corrected chi connectivity index (χ1v) is 5.92. The van der Waals surface area contributed by atoms with Gasteiger partial charge < -0.3 is 16.8 Å². The summed E-state index contributed by atoms with van der Waals surface area (Å²) in [5.41, 5.74) is 13.9. The highest BCUT2D eigenvalue weighted by Gasteiger charge is 2.09. The number of anilines is 2. The van der Waals surface area contributed by atoms with Gasteiger partial charge in [0.05, 0.1) is 5.56 Å². The molecule has 0 bridgehead atoms. The van der Waals surface area contributed by atoms with Crippen LogP contribution in [-0.2, 0) is 6.54 Å². The number of nitrogen functional groups attached to an aromatic ring is 1. The molecule has 0 aliphatic carbocycles. The third-order valence-corrected chi connectivity index (χ3v) is 2.74. The van der Waals surface area contributed by atoms with Gasteiger partial charge in [0.15, 0.2) is 0 Å². The molecule has 0 aliphatic heterocycles. The molecule has 19 heavy (non-hydrogen) atoms. The molecule has 5 heteroatoms. The Balaban J connectivity index is 2.16. The summed E-state index contributed by atoms with van der Waals surface area (Å²) in [6.07, 6.45) is 0. The van der Waals surface area contributed by atoms with Crippen LogP contribution in [0, 0.1) is 6.92 Å². The van der Waals surface area contributed by atoms with Crippen molar-refractivity contribution in [3.63, 3.8) is 0 Å². The van der Waals surface area contributed by atoms with E-state index in [9.17, 15) is 4.79 Å². The second-order valence-corrected chi connectivity index (χ2v) is 4.31. The van der Waals surface area contributed by atoms with Gasteiger partial charge in [-0.05, 0) is 36.8 Å². The minimum Gasteiger partial charge on any atom is -0.399 e. The quantitative estimate of drug-likeness (QED) is 0.725. The Morgan fingerprint density at radius 3 is 2.53 bits per heavy atom. The maximum absolute atomic E-state index is 11.3. The molecule has 2 aromatic rings. The van der Waals surface area contributed by atoms with Crippen LogP contribution in [0.15, 0.2) is 36.4 Å². The lowest BCUT2D eigenvalue weighted by atomic mass is 10.2. The topological polar surface area (TPSA) is 94.0 Å². The fraction of sp³-hybridized carbons (Fsp3) is 0.143. The van der Waals surface area contributed by atoms with Crippen molar-refractivity contribution in [2.24, 2.45) is 5.73 Å². The number of benzene rings is 1. The Hall–Kier alpha value is -2.56. The number of hydrogen-bond donors (Lipinski definition) is 3. The summed E-state index contributed by atoms with van der Waals surface area (Å²) in [6.45, 7) is 2.41. The van der Waals surface area contributed by atoms with Gasteiger partial charge in [0, 0.05) is 17.9 Å². The van der Waals surface area contributed by atoms with Crippen LogP contribution in [-0.4, -0.2) is 10.9 Å². The van der Waals surface area contributed by atoms with Gasteiger partial charge in [-0.1, -0.05) is 12.1 Å². The van der Waals surface area contributed by atoms with Crippen LogP contribution in [0.4, 0.5) is 11.5 Å². The lowest BCUT2D eigenvalue weighted by molar-refractivity contribution is 0.100. The Kier molecular flexibility index (Phi) is 3.66. The van der Waals surface area contributed by atoms with E-state index in [1.807, 2.05) is 31.2 Å². The highest BCUT2D eigenvalue weighted by Crippen LogP contribution is 2.14. The number of aryl methyl sites for hydroxylation is 1. The predicted molar refractivity (Wildman–Crippen MR) is 75.7 cm³/mol. The molecular formula is C14H16N4O. The number of carbonyl (C=O) groups excluding carboxylic acids is 1. The highest BCUT2D eigenvalue weighted by atomic mass is 16.1. The van der Waals surface area contributed by atoms with E-state index in [0.717, 1.165) is 16.9 Å². The van der Waals surface area contributed by atoms with Gasteiger partial charge in [0.2, 0.25) is 0 Å². The fourth-order valence-electron chi connectivity index (χ4n) is 1.71. The third kappa shape index (κ3) is 3.22. The Bertz CT molecular complexity index is 593. The number of nitrogens with two attached hydrogens (primary N) is 2. The Morgan fingerprint density at radius 1 is 1.21 bits per heavy atom. The number of hydrogen-bond acceptors (Lipinski definition) is 4. The van der Waals surface area contributed by atoms with Crippen molar-refractivity contribution < 1.29 is 4.79 Å². The van der Waals surface area contributed by atoms with Crippen LogP contribution < -0.4 is 16.8 Å². The first kappa shape index (κ1) is 12.9. The summed E-state index contributed by atoms with van der Waals surface area (Å²) in [5.74, 6) is 0.0108. The average Bonchev–Trinajstić information content (AvgIpc) is 2.38. The van der Waals surface area contributed by atoms with Crippen LogP contribution in [0.1, 0.15) is 21.6 Å². The maximum atomic E-state index is 11.3. The lowest BCUT2D eigenvalue weighted by Crippen LogP contribution is -2.15. The van der Waals surface area contributed by atoms with Crippen molar-refractivity contribution in [2.45, 2.75) is 13.5 Å². The summed E-state index contributed by atoms with van der Waals surface area (Å²) >= 11 is 0. The summed E-state index contributed by atoms with van der Waals surface area (Å²) < 4.78 is 0. The van der Waals surface area contributed by atoms with Crippen molar-refractivity contribution >= 4 is 17.4 Å². The van der Waals surface area contributed by atoms with E-state index in [2.05, 4.69) is 10.3 Å². The molecule has 0 aliphatic rings. The van der Waals surface area contributed by atoms with Crippen molar-refractivity contribution in [1.29, 1.82) is 0 Å². The molecular weight excluding hydrogens is 240 g/mol. The third-order valence-electron chi connectivity index (χ3n) is 2.74. The number of aromatic nitrogens is 1. The van der Waals surface area contributed by atoms with Crippen LogP contribution in [0.2, 0.25) is 0 Å². The highest BCUT2D eigenvalue weighted by molar-refractivity contribution is 5.97. The van der Waals surface area contributed by atoms with Crippen molar-refractivity contribution in [1.82, 2.24) is 4.98 Å². The summed E-state index contributed by atoms with van der Waals surface area (Å²) in [4.78, 5) is 15.6. The van der Waals surface area contributed by atoms with E-state index in [-0.39, 0.29) is 0 Å². The van der Waals surface area contributed by atoms with E-state index in [1.54, 1.807) is 12.1 Å². The molecule has 5 N–H and O–H groups in total. The number of primary amides is 1. The monoisotopic (exact) mass is 256 g/mol. The molecule has 0 saturated heterocycles. The summed E-state index contributed by atoms with van der Waals surface area (Å²) in [6, 6.07) is 10.9. The molecule has 1 aromatic carbocycles. The summed E-state index contributed by atoms with van der Waals surface area (Å²) in [5, 5.41) is 3.12. The zero-order valence-electron chi connectivity index (χ0n) is 10.7. The van der Waals surface area contributed by atoms with Crippen molar-refractivity contribution in [3.8, 4) is 0 Å². The molecule has 0 spiro atoms. The number of amides is 1. The second kappa shape index (κ2) is 5.39. The Morgan fingerprint density at radius 2 is 1.89 bits per heavy atom. The average molecular weight is 256 g/mol. The van der Waals surface area contributed by atoms with E-state index < -0.39 is 5.91 Å². The number of rotatable bonds is 4. The van der Waals surface area contributed by atoms with E-state index >= 15 is 0 Å². The van der Waals surface area contributed by atoms with E-state index in [1.165, 1.54) is 0 Å². The molecule has 98 valence electrons. The molecule has 5 nitrogen and oxygen atoms in total. The van der Waals surface area contributed by atoms with Gasteiger partial charge in [-0.15, -0.1) is 0 Å². The van der Waals surface area contributed by atoms with Gasteiger partial charge in [-0.2, -0.15) is 0 Å². The zero-order chi connectivity index (χ0) is 13.8.